The van der Waals surface area contributed by atoms with Gasteiger partial charge in [-0.1, -0.05) is 18.3 Å². The van der Waals surface area contributed by atoms with Crippen LogP contribution in [0.4, 0.5) is 18.3 Å². The van der Waals surface area contributed by atoms with Crippen molar-refractivity contribution < 1.29 is 18.0 Å². The normalized spacial score (nSPS) is 10.5. The fourth-order valence-electron chi connectivity index (χ4n) is 1.31. The van der Waals surface area contributed by atoms with Gasteiger partial charge in [0.25, 0.3) is 5.91 Å². The Labute approximate surface area is 110 Å². The zero-order chi connectivity index (χ0) is 14.0. The Hall–Kier alpha value is -1.96. The number of rotatable bonds is 3. The number of carbonyl (C=O) groups is 1. The summed E-state index contributed by atoms with van der Waals surface area (Å²) in [6.45, 7) is 1.86. The molecule has 1 N–H and O–H groups in total. The maximum absolute atomic E-state index is 13.4. The second kappa shape index (κ2) is 5.35. The molecule has 19 heavy (non-hydrogen) atoms. The van der Waals surface area contributed by atoms with E-state index in [0.29, 0.717) is 17.5 Å². The molecule has 0 bridgehead atoms. The first-order valence-corrected chi connectivity index (χ1v) is 6.11. The summed E-state index contributed by atoms with van der Waals surface area (Å²) in [7, 11) is 0. The number of hydrogen-bond donors (Lipinski definition) is 1. The first-order valence-electron chi connectivity index (χ1n) is 5.30. The number of nitrogens with one attached hydrogen (secondary N) is 1. The van der Waals surface area contributed by atoms with E-state index in [2.05, 4.69) is 15.5 Å². The van der Waals surface area contributed by atoms with Gasteiger partial charge in [-0.15, -0.1) is 10.2 Å². The number of benzene rings is 1. The van der Waals surface area contributed by atoms with E-state index in [4.69, 9.17) is 0 Å². The van der Waals surface area contributed by atoms with E-state index in [1.165, 1.54) is 0 Å². The molecule has 4 nitrogen and oxygen atoms in total. The molecule has 8 heteroatoms. The Bertz CT molecular complexity index is 630. The number of halogens is 3. The molecular weight excluding hydrogens is 279 g/mol. The molecule has 0 saturated heterocycles. The molecule has 0 aliphatic rings. The smallest absolute Gasteiger partial charge is 0.260 e. The lowest BCUT2D eigenvalue weighted by Gasteiger charge is -2.03. The van der Waals surface area contributed by atoms with Crippen molar-refractivity contribution in [3.05, 3.63) is 40.2 Å². The zero-order valence-corrected chi connectivity index (χ0v) is 10.5. The minimum absolute atomic E-state index is 0.172. The van der Waals surface area contributed by atoms with Gasteiger partial charge in [0.05, 0.1) is 5.56 Å². The van der Waals surface area contributed by atoms with Gasteiger partial charge in [-0.3, -0.25) is 10.1 Å². The van der Waals surface area contributed by atoms with E-state index in [9.17, 15) is 18.0 Å². The molecule has 0 aliphatic carbocycles. The topological polar surface area (TPSA) is 54.9 Å². The van der Waals surface area contributed by atoms with Crippen LogP contribution >= 0.6 is 11.3 Å². The Kier molecular flexibility index (Phi) is 3.79. The second-order valence-corrected chi connectivity index (χ2v) is 4.59. The fourth-order valence-corrected chi connectivity index (χ4v) is 1.99. The minimum Gasteiger partial charge on any atom is -0.296 e. The van der Waals surface area contributed by atoms with Crippen molar-refractivity contribution in [1.82, 2.24) is 10.2 Å². The van der Waals surface area contributed by atoms with Gasteiger partial charge in [-0.25, -0.2) is 13.2 Å². The largest absolute Gasteiger partial charge is 0.296 e. The highest BCUT2D eigenvalue weighted by molar-refractivity contribution is 7.15. The van der Waals surface area contributed by atoms with Crippen LogP contribution in [0, 0.1) is 17.5 Å². The molecule has 1 amide bonds. The predicted octanol–water partition coefficient (Wildman–Crippen LogP) is 2.77. The first-order chi connectivity index (χ1) is 9.02. The molecule has 0 spiro atoms. The van der Waals surface area contributed by atoms with E-state index in [1.807, 2.05) is 6.92 Å². The van der Waals surface area contributed by atoms with Gasteiger partial charge in [0.2, 0.25) is 5.13 Å². The third-order valence-electron chi connectivity index (χ3n) is 2.27. The fraction of sp³-hybridized carbons (Fsp3) is 0.182. The molecule has 1 aromatic heterocycles. The van der Waals surface area contributed by atoms with Gasteiger partial charge in [-0.2, -0.15) is 0 Å². The quantitative estimate of drug-likeness (QED) is 0.883. The van der Waals surface area contributed by atoms with Gasteiger partial charge in [0, 0.05) is 0 Å². The predicted molar refractivity (Wildman–Crippen MR) is 63.6 cm³/mol. The van der Waals surface area contributed by atoms with Crippen LogP contribution in [-0.4, -0.2) is 16.1 Å². The Balaban J connectivity index is 2.23. The monoisotopic (exact) mass is 287 g/mol. The Morgan fingerprint density at radius 1 is 1.26 bits per heavy atom. The van der Waals surface area contributed by atoms with Crippen molar-refractivity contribution in [3.8, 4) is 0 Å². The van der Waals surface area contributed by atoms with Crippen molar-refractivity contribution in [2.75, 3.05) is 5.32 Å². The summed E-state index contributed by atoms with van der Waals surface area (Å²) in [5, 5.41) is 10.6. The highest BCUT2D eigenvalue weighted by atomic mass is 32.1. The zero-order valence-electron chi connectivity index (χ0n) is 9.71. The average molecular weight is 287 g/mol. The standard InChI is InChI=1S/C11H8F3N3OS/c1-2-7-16-17-11(19-7)15-10(18)5-3-4-6(12)9(14)8(5)13/h3-4H,2H2,1H3,(H,15,17,18). The van der Waals surface area contributed by atoms with Crippen LogP contribution in [0.1, 0.15) is 22.3 Å². The van der Waals surface area contributed by atoms with Gasteiger partial charge >= 0.3 is 0 Å². The van der Waals surface area contributed by atoms with Crippen LogP contribution in [0.5, 0.6) is 0 Å². The maximum atomic E-state index is 13.4. The van der Waals surface area contributed by atoms with Crippen molar-refractivity contribution >= 4 is 22.4 Å². The highest BCUT2D eigenvalue weighted by Crippen LogP contribution is 2.19. The summed E-state index contributed by atoms with van der Waals surface area (Å²) in [5.41, 5.74) is -0.591. The van der Waals surface area contributed by atoms with Crippen molar-refractivity contribution in [1.29, 1.82) is 0 Å². The molecule has 1 heterocycles. The lowest BCUT2D eigenvalue weighted by Crippen LogP contribution is -2.15. The summed E-state index contributed by atoms with van der Waals surface area (Å²) >= 11 is 1.12. The van der Waals surface area contributed by atoms with E-state index < -0.39 is 28.9 Å². The second-order valence-electron chi connectivity index (χ2n) is 3.53. The third-order valence-corrected chi connectivity index (χ3v) is 3.25. The summed E-state index contributed by atoms with van der Waals surface area (Å²) in [6, 6.07) is 1.55. The summed E-state index contributed by atoms with van der Waals surface area (Å²) in [4.78, 5) is 11.7. The number of anilines is 1. The van der Waals surface area contributed by atoms with Crippen LogP contribution in [-0.2, 0) is 6.42 Å². The number of aryl methyl sites for hydroxylation is 1. The third kappa shape index (κ3) is 2.73. The number of carbonyl (C=O) groups excluding carboxylic acids is 1. The number of aromatic nitrogens is 2. The molecule has 1 aromatic carbocycles. The van der Waals surface area contributed by atoms with E-state index in [-0.39, 0.29) is 5.13 Å². The molecule has 0 atom stereocenters. The average Bonchev–Trinajstić information content (AvgIpc) is 2.83. The SMILES string of the molecule is CCc1nnc(NC(=O)c2ccc(F)c(F)c2F)s1. The van der Waals surface area contributed by atoms with Crippen LogP contribution in [0.25, 0.3) is 0 Å². The molecule has 0 saturated carbocycles. The summed E-state index contributed by atoms with van der Waals surface area (Å²) < 4.78 is 39.1. The van der Waals surface area contributed by atoms with Gasteiger partial charge in [0.15, 0.2) is 17.5 Å². The molecule has 100 valence electrons. The number of amides is 1. The molecule has 0 aliphatic heterocycles. The van der Waals surface area contributed by atoms with Crippen LogP contribution < -0.4 is 5.32 Å². The Morgan fingerprint density at radius 3 is 2.63 bits per heavy atom. The van der Waals surface area contributed by atoms with Gasteiger partial charge < -0.3 is 0 Å². The van der Waals surface area contributed by atoms with Crippen molar-refractivity contribution in [2.45, 2.75) is 13.3 Å². The molecular formula is C11H8F3N3OS. The van der Waals surface area contributed by atoms with Crippen molar-refractivity contribution in [3.63, 3.8) is 0 Å². The summed E-state index contributed by atoms with van der Waals surface area (Å²) in [5.74, 6) is -5.47. The molecule has 2 aromatic rings. The maximum Gasteiger partial charge on any atom is 0.260 e. The first kappa shape index (κ1) is 13.5. The van der Waals surface area contributed by atoms with E-state index in [0.717, 1.165) is 17.4 Å². The molecule has 0 fully saturated rings. The van der Waals surface area contributed by atoms with E-state index >= 15 is 0 Å². The lowest BCUT2D eigenvalue weighted by molar-refractivity contribution is 0.102. The number of hydrogen-bond acceptors (Lipinski definition) is 4. The van der Waals surface area contributed by atoms with Crippen LogP contribution in [0.2, 0.25) is 0 Å². The lowest BCUT2D eigenvalue weighted by atomic mass is 10.2. The highest BCUT2D eigenvalue weighted by Gasteiger charge is 2.19. The molecule has 0 unspecified atom stereocenters. The molecule has 2 rings (SSSR count). The van der Waals surface area contributed by atoms with Gasteiger partial charge in [-0.05, 0) is 18.6 Å². The Morgan fingerprint density at radius 2 is 2.00 bits per heavy atom. The summed E-state index contributed by atoms with van der Waals surface area (Å²) in [6.07, 6.45) is 0.646. The van der Waals surface area contributed by atoms with Gasteiger partial charge in [0.1, 0.15) is 5.01 Å². The minimum atomic E-state index is -1.68. The van der Waals surface area contributed by atoms with Crippen LogP contribution in [0.15, 0.2) is 12.1 Å². The van der Waals surface area contributed by atoms with E-state index in [1.54, 1.807) is 0 Å². The molecule has 0 radical (unpaired) electrons. The number of nitrogens with zero attached hydrogens (tertiary/aromatic N) is 2. The van der Waals surface area contributed by atoms with Crippen LogP contribution in [0.3, 0.4) is 0 Å². The van der Waals surface area contributed by atoms with Crippen molar-refractivity contribution in [2.24, 2.45) is 0 Å².